The molecule has 0 fully saturated rings. The van der Waals surface area contributed by atoms with E-state index in [4.69, 9.17) is 9.47 Å². The number of para-hydroxylation sites is 3. The second-order valence-corrected chi connectivity index (χ2v) is 6.00. The summed E-state index contributed by atoms with van der Waals surface area (Å²) < 4.78 is 12.5. The topological polar surface area (TPSA) is 78.3 Å². The van der Waals surface area contributed by atoms with Gasteiger partial charge in [0, 0.05) is 0 Å². The largest absolute Gasteiger partial charge is 0.493 e. The quantitative estimate of drug-likeness (QED) is 0.576. The summed E-state index contributed by atoms with van der Waals surface area (Å²) in [4.78, 5) is 21.5. The molecule has 4 aromatic rings. The van der Waals surface area contributed by atoms with Crippen LogP contribution < -0.4 is 14.8 Å². The van der Waals surface area contributed by atoms with Crippen LogP contribution in [-0.4, -0.2) is 34.7 Å². The normalized spacial score (nSPS) is 10.6. The van der Waals surface area contributed by atoms with E-state index in [1.807, 2.05) is 34.9 Å². The van der Waals surface area contributed by atoms with Crippen molar-refractivity contribution in [2.75, 3.05) is 19.5 Å². The number of imidazole rings is 1. The van der Waals surface area contributed by atoms with Gasteiger partial charge >= 0.3 is 0 Å². The van der Waals surface area contributed by atoms with E-state index in [9.17, 15) is 4.79 Å². The van der Waals surface area contributed by atoms with E-state index in [1.165, 1.54) is 14.2 Å². The Labute approximate surface area is 161 Å². The summed E-state index contributed by atoms with van der Waals surface area (Å²) in [6, 6.07) is 16.6. The number of benzene rings is 2. The molecule has 2 heterocycles. The molecule has 2 aromatic carbocycles. The van der Waals surface area contributed by atoms with Crippen LogP contribution in [0, 0.1) is 0 Å². The number of nitrogens with one attached hydrogen (secondary N) is 1. The van der Waals surface area contributed by atoms with E-state index in [2.05, 4.69) is 15.3 Å². The van der Waals surface area contributed by atoms with E-state index in [-0.39, 0.29) is 5.91 Å². The van der Waals surface area contributed by atoms with E-state index in [1.54, 1.807) is 36.8 Å². The highest BCUT2D eigenvalue weighted by atomic mass is 16.5. The molecule has 0 aliphatic heterocycles. The first-order valence-corrected chi connectivity index (χ1v) is 8.62. The van der Waals surface area contributed by atoms with Gasteiger partial charge in [0.1, 0.15) is 12.1 Å². The van der Waals surface area contributed by atoms with Crippen LogP contribution in [0.4, 0.5) is 5.69 Å². The molecule has 1 N–H and O–H groups in total. The van der Waals surface area contributed by atoms with Crippen LogP contribution in [0.2, 0.25) is 0 Å². The third kappa shape index (κ3) is 3.14. The van der Waals surface area contributed by atoms with Gasteiger partial charge in [-0.25, -0.2) is 9.97 Å². The van der Waals surface area contributed by atoms with Gasteiger partial charge in [-0.3, -0.25) is 9.36 Å². The molecule has 0 aliphatic rings. The molecule has 0 bridgehead atoms. The van der Waals surface area contributed by atoms with Crippen molar-refractivity contribution >= 4 is 22.6 Å². The SMILES string of the molecule is COc1cccc(C(=O)Nc2ccc(-n3cnc4ccccc43)nc2)c1OC. The second-order valence-electron chi connectivity index (χ2n) is 6.00. The van der Waals surface area contributed by atoms with Gasteiger partial charge in [0.25, 0.3) is 5.91 Å². The van der Waals surface area contributed by atoms with Gasteiger partial charge in [0.15, 0.2) is 11.5 Å². The van der Waals surface area contributed by atoms with Crippen molar-refractivity contribution < 1.29 is 14.3 Å². The molecule has 0 radical (unpaired) electrons. The first kappa shape index (κ1) is 17.5. The summed E-state index contributed by atoms with van der Waals surface area (Å²) >= 11 is 0. The van der Waals surface area contributed by atoms with Crippen molar-refractivity contribution in [1.82, 2.24) is 14.5 Å². The Balaban J connectivity index is 1.58. The highest BCUT2D eigenvalue weighted by molar-refractivity contribution is 6.06. The number of hydrogen-bond donors (Lipinski definition) is 1. The zero-order valence-electron chi connectivity index (χ0n) is 15.4. The number of aromatic nitrogens is 3. The van der Waals surface area contributed by atoms with Gasteiger partial charge < -0.3 is 14.8 Å². The third-order valence-corrected chi connectivity index (χ3v) is 4.35. The van der Waals surface area contributed by atoms with Crippen molar-refractivity contribution in [3.63, 3.8) is 0 Å². The summed E-state index contributed by atoms with van der Waals surface area (Å²) in [7, 11) is 3.03. The first-order valence-electron chi connectivity index (χ1n) is 8.62. The Morgan fingerprint density at radius 1 is 0.964 bits per heavy atom. The molecule has 0 atom stereocenters. The molecule has 0 saturated heterocycles. The molecule has 4 rings (SSSR count). The molecule has 140 valence electrons. The van der Waals surface area contributed by atoms with Crippen LogP contribution in [0.25, 0.3) is 16.9 Å². The Kier molecular flexibility index (Phi) is 4.63. The zero-order valence-corrected chi connectivity index (χ0v) is 15.4. The van der Waals surface area contributed by atoms with E-state index >= 15 is 0 Å². The number of ether oxygens (including phenoxy) is 2. The number of pyridine rings is 1. The number of carbonyl (C=O) groups is 1. The van der Waals surface area contributed by atoms with E-state index < -0.39 is 0 Å². The second kappa shape index (κ2) is 7.40. The molecule has 7 nitrogen and oxygen atoms in total. The highest BCUT2D eigenvalue weighted by Crippen LogP contribution is 2.31. The molecule has 0 spiro atoms. The molecule has 1 amide bonds. The van der Waals surface area contributed by atoms with Crippen LogP contribution in [0.5, 0.6) is 11.5 Å². The Hall–Kier alpha value is -3.87. The minimum Gasteiger partial charge on any atom is -0.493 e. The monoisotopic (exact) mass is 374 g/mol. The fourth-order valence-corrected chi connectivity index (χ4v) is 3.01. The summed E-state index contributed by atoms with van der Waals surface area (Å²) in [5, 5.41) is 2.83. The minimum absolute atomic E-state index is 0.307. The van der Waals surface area contributed by atoms with Crippen molar-refractivity contribution in [2.45, 2.75) is 0 Å². The lowest BCUT2D eigenvalue weighted by atomic mass is 10.1. The van der Waals surface area contributed by atoms with Crippen LogP contribution in [0.15, 0.2) is 67.1 Å². The van der Waals surface area contributed by atoms with Gasteiger partial charge in [-0.1, -0.05) is 18.2 Å². The number of rotatable bonds is 5. The summed E-state index contributed by atoms with van der Waals surface area (Å²) in [6.45, 7) is 0. The lowest BCUT2D eigenvalue weighted by molar-refractivity contribution is 0.102. The van der Waals surface area contributed by atoms with Crippen molar-refractivity contribution in [2.24, 2.45) is 0 Å². The number of methoxy groups -OCH3 is 2. The van der Waals surface area contributed by atoms with Gasteiger partial charge in [0.05, 0.1) is 42.7 Å². The fourth-order valence-electron chi connectivity index (χ4n) is 3.01. The molecular weight excluding hydrogens is 356 g/mol. The number of amides is 1. The summed E-state index contributed by atoms with van der Waals surface area (Å²) in [5.41, 5.74) is 2.81. The van der Waals surface area contributed by atoms with Crippen molar-refractivity contribution in [1.29, 1.82) is 0 Å². The average Bonchev–Trinajstić information content (AvgIpc) is 3.17. The van der Waals surface area contributed by atoms with Crippen LogP contribution in [0.1, 0.15) is 10.4 Å². The number of anilines is 1. The number of fused-ring (bicyclic) bond motifs is 1. The van der Waals surface area contributed by atoms with Gasteiger partial charge in [-0.15, -0.1) is 0 Å². The predicted octanol–water partition coefficient (Wildman–Crippen LogP) is 3.69. The van der Waals surface area contributed by atoms with Gasteiger partial charge in [0.2, 0.25) is 0 Å². The Morgan fingerprint density at radius 2 is 1.82 bits per heavy atom. The van der Waals surface area contributed by atoms with Crippen molar-refractivity contribution in [3.8, 4) is 17.3 Å². The lowest BCUT2D eigenvalue weighted by Gasteiger charge is -2.12. The summed E-state index contributed by atoms with van der Waals surface area (Å²) in [5.74, 6) is 1.29. The Morgan fingerprint density at radius 3 is 2.57 bits per heavy atom. The van der Waals surface area contributed by atoms with Crippen LogP contribution in [-0.2, 0) is 0 Å². The third-order valence-electron chi connectivity index (χ3n) is 4.35. The maximum absolute atomic E-state index is 12.7. The summed E-state index contributed by atoms with van der Waals surface area (Å²) in [6.07, 6.45) is 3.33. The first-order chi connectivity index (χ1) is 13.7. The highest BCUT2D eigenvalue weighted by Gasteiger charge is 2.16. The molecule has 28 heavy (non-hydrogen) atoms. The predicted molar refractivity (Wildman–Crippen MR) is 106 cm³/mol. The number of carbonyl (C=O) groups excluding carboxylic acids is 1. The maximum atomic E-state index is 12.7. The molecule has 0 unspecified atom stereocenters. The minimum atomic E-state index is -0.307. The molecule has 7 heteroatoms. The van der Waals surface area contributed by atoms with Gasteiger partial charge in [-0.2, -0.15) is 0 Å². The zero-order chi connectivity index (χ0) is 19.5. The lowest BCUT2D eigenvalue weighted by Crippen LogP contribution is -2.14. The Bertz CT molecular complexity index is 1140. The standard InChI is InChI=1S/C21H18N4O3/c1-27-18-9-5-6-15(20(18)28-2)21(26)24-14-10-11-19(22-12-14)25-13-23-16-7-3-4-8-17(16)25/h3-13H,1-2H3,(H,24,26). The van der Waals surface area contributed by atoms with E-state index in [0.717, 1.165) is 11.0 Å². The number of hydrogen-bond acceptors (Lipinski definition) is 5. The number of nitrogens with zero attached hydrogens (tertiary/aromatic N) is 3. The van der Waals surface area contributed by atoms with E-state index in [0.29, 0.717) is 28.6 Å². The van der Waals surface area contributed by atoms with Crippen LogP contribution >= 0.6 is 0 Å². The van der Waals surface area contributed by atoms with Crippen molar-refractivity contribution in [3.05, 3.63) is 72.7 Å². The van der Waals surface area contributed by atoms with Gasteiger partial charge in [-0.05, 0) is 36.4 Å². The average molecular weight is 374 g/mol. The smallest absolute Gasteiger partial charge is 0.259 e. The molecule has 0 saturated carbocycles. The van der Waals surface area contributed by atoms with Crippen LogP contribution in [0.3, 0.4) is 0 Å². The molecule has 0 aliphatic carbocycles. The molecule has 2 aromatic heterocycles. The fraction of sp³-hybridized carbons (Fsp3) is 0.0952. The maximum Gasteiger partial charge on any atom is 0.259 e. The molecular formula is C21H18N4O3.